The largest absolute Gasteiger partial charge is 0.386 e. The molecule has 1 saturated heterocycles. The Kier molecular flexibility index (Phi) is 2.81. The van der Waals surface area contributed by atoms with E-state index in [0.717, 1.165) is 18.5 Å². The molecule has 1 fully saturated rings. The lowest BCUT2D eigenvalue weighted by molar-refractivity contribution is 0.0760. The first kappa shape index (κ1) is 11.6. The Labute approximate surface area is 97.7 Å². The van der Waals surface area contributed by atoms with Crippen molar-refractivity contribution in [2.45, 2.75) is 44.8 Å². The minimum atomic E-state index is -0.774. The fraction of sp³-hybridized carbons (Fsp3) is 0.571. The molecule has 2 rings (SSSR count). The molecule has 1 unspecified atom stereocenters. The zero-order valence-electron chi connectivity index (χ0n) is 10.4. The van der Waals surface area contributed by atoms with Gasteiger partial charge in [0.15, 0.2) is 0 Å². The van der Waals surface area contributed by atoms with E-state index in [-0.39, 0.29) is 5.54 Å². The SMILES string of the molecule is CC(C)(O)c1ccccc1C1(C)CCCN1. The van der Waals surface area contributed by atoms with Gasteiger partial charge in [0.25, 0.3) is 0 Å². The van der Waals surface area contributed by atoms with Gasteiger partial charge in [-0.3, -0.25) is 0 Å². The first-order chi connectivity index (χ1) is 7.43. The summed E-state index contributed by atoms with van der Waals surface area (Å²) in [5.41, 5.74) is 1.52. The van der Waals surface area contributed by atoms with Gasteiger partial charge in [-0.15, -0.1) is 0 Å². The molecule has 88 valence electrons. The molecule has 2 nitrogen and oxygen atoms in total. The summed E-state index contributed by atoms with van der Waals surface area (Å²) >= 11 is 0. The second-order valence-corrected chi connectivity index (χ2v) is 5.47. The van der Waals surface area contributed by atoms with Crippen LogP contribution in [0.25, 0.3) is 0 Å². The van der Waals surface area contributed by atoms with Crippen LogP contribution in [-0.2, 0) is 11.1 Å². The molecular formula is C14H21NO. The maximum Gasteiger partial charge on any atom is 0.0843 e. The third-order valence-electron chi connectivity index (χ3n) is 3.55. The Hall–Kier alpha value is -0.860. The van der Waals surface area contributed by atoms with Crippen LogP contribution in [0.2, 0.25) is 0 Å². The van der Waals surface area contributed by atoms with Crippen molar-refractivity contribution >= 4 is 0 Å². The second kappa shape index (κ2) is 3.86. The van der Waals surface area contributed by atoms with E-state index in [9.17, 15) is 5.11 Å². The van der Waals surface area contributed by atoms with Gasteiger partial charge in [0.1, 0.15) is 0 Å². The van der Waals surface area contributed by atoms with Crippen molar-refractivity contribution < 1.29 is 5.11 Å². The van der Waals surface area contributed by atoms with Crippen LogP contribution in [0.4, 0.5) is 0 Å². The van der Waals surface area contributed by atoms with Gasteiger partial charge >= 0.3 is 0 Å². The third-order valence-corrected chi connectivity index (χ3v) is 3.55. The van der Waals surface area contributed by atoms with E-state index in [1.807, 2.05) is 26.0 Å². The highest BCUT2D eigenvalue weighted by atomic mass is 16.3. The van der Waals surface area contributed by atoms with Gasteiger partial charge in [0.05, 0.1) is 5.60 Å². The Bertz CT molecular complexity index is 373. The molecule has 0 saturated carbocycles. The van der Waals surface area contributed by atoms with Gasteiger partial charge in [0.2, 0.25) is 0 Å². The fourth-order valence-corrected chi connectivity index (χ4v) is 2.62. The first-order valence-corrected chi connectivity index (χ1v) is 6.01. The summed E-state index contributed by atoms with van der Waals surface area (Å²) in [4.78, 5) is 0. The molecule has 2 heteroatoms. The molecule has 1 heterocycles. The summed E-state index contributed by atoms with van der Waals surface area (Å²) in [5, 5.41) is 13.8. The number of rotatable bonds is 2. The van der Waals surface area contributed by atoms with E-state index < -0.39 is 5.60 Å². The molecule has 0 spiro atoms. The average molecular weight is 219 g/mol. The predicted molar refractivity (Wildman–Crippen MR) is 66.3 cm³/mol. The lowest BCUT2D eigenvalue weighted by Crippen LogP contribution is -2.36. The smallest absolute Gasteiger partial charge is 0.0843 e. The van der Waals surface area contributed by atoms with Gasteiger partial charge in [-0.05, 0) is 51.3 Å². The van der Waals surface area contributed by atoms with Crippen molar-refractivity contribution in [1.82, 2.24) is 5.32 Å². The molecule has 1 aliphatic heterocycles. The Morgan fingerprint density at radius 2 is 2.00 bits per heavy atom. The van der Waals surface area contributed by atoms with E-state index in [1.165, 1.54) is 12.0 Å². The summed E-state index contributed by atoms with van der Waals surface area (Å²) in [6.45, 7) is 7.00. The van der Waals surface area contributed by atoms with Crippen LogP contribution < -0.4 is 5.32 Å². The highest BCUT2D eigenvalue weighted by Crippen LogP contribution is 2.36. The van der Waals surface area contributed by atoms with Crippen molar-refractivity contribution in [3.63, 3.8) is 0 Å². The third kappa shape index (κ3) is 2.00. The van der Waals surface area contributed by atoms with Crippen molar-refractivity contribution in [3.8, 4) is 0 Å². The monoisotopic (exact) mass is 219 g/mol. The van der Waals surface area contributed by atoms with E-state index in [2.05, 4.69) is 24.4 Å². The highest BCUT2D eigenvalue weighted by molar-refractivity contribution is 5.37. The van der Waals surface area contributed by atoms with Crippen LogP contribution in [-0.4, -0.2) is 11.7 Å². The topological polar surface area (TPSA) is 32.3 Å². The van der Waals surface area contributed by atoms with Gasteiger partial charge in [-0.2, -0.15) is 0 Å². The summed E-state index contributed by atoms with van der Waals surface area (Å²) in [6, 6.07) is 8.21. The van der Waals surface area contributed by atoms with Crippen molar-refractivity contribution in [2.24, 2.45) is 0 Å². The molecule has 16 heavy (non-hydrogen) atoms. The van der Waals surface area contributed by atoms with Gasteiger partial charge in [-0.1, -0.05) is 24.3 Å². The molecule has 1 aromatic rings. The van der Waals surface area contributed by atoms with Crippen LogP contribution >= 0.6 is 0 Å². The Balaban J connectivity index is 2.48. The van der Waals surface area contributed by atoms with Crippen molar-refractivity contribution in [3.05, 3.63) is 35.4 Å². The zero-order chi connectivity index (χ0) is 11.8. The summed E-state index contributed by atoms with van der Waals surface area (Å²) in [7, 11) is 0. The molecule has 0 bridgehead atoms. The number of hydrogen-bond acceptors (Lipinski definition) is 2. The van der Waals surface area contributed by atoms with Crippen molar-refractivity contribution in [2.75, 3.05) is 6.54 Å². The quantitative estimate of drug-likeness (QED) is 0.801. The Morgan fingerprint density at radius 1 is 1.31 bits per heavy atom. The number of benzene rings is 1. The fourth-order valence-electron chi connectivity index (χ4n) is 2.62. The standard InChI is InChI=1S/C14H21NO/c1-13(2,16)11-7-4-5-8-12(11)14(3)9-6-10-15-14/h4-5,7-8,15-16H,6,9-10H2,1-3H3. The summed E-state index contributed by atoms with van der Waals surface area (Å²) < 4.78 is 0. The highest BCUT2D eigenvalue weighted by Gasteiger charge is 2.34. The maximum absolute atomic E-state index is 10.2. The molecule has 0 aromatic heterocycles. The normalized spacial score (nSPS) is 26.0. The number of aliphatic hydroxyl groups is 1. The maximum atomic E-state index is 10.2. The second-order valence-electron chi connectivity index (χ2n) is 5.47. The van der Waals surface area contributed by atoms with Crippen LogP contribution in [0.1, 0.15) is 44.7 Å². The molecule has 0 radical (unpaired) electrons. The number of hydrogen-bond donors (Lipinski definition) is 2. The summed E-state index contributed by atoms with van der Waals surface area (Å²) in [6.07, 6.45) is 2.34. The van der Waals surface area contributed by atoms with Crippen LogP contribution in [0.5, 0.6) is 0 Å². The van der Waals surface area contributed by atoms with Crippen molar-refractivity contribution in [1.29, 1.82) is 0 Å². The van der Waals surface area contributed by atoms with E-state index in [0.29, 0.717) is 0 Å². The lowest BCUT2D eigenvalue weighted by atomic mass is 9.82. The molecular weight excluding hydrogens is 198 g/mol. The van der Waals surface area contributed by atoms with Gasteiger partial charge < -0.3 is 10.4 Å². The molecule has 2 N–H and O–H groups in total. The minimum Gasteiger partial charge on any atom is -0.386 e. The lowest BCUT2D eigenvalue weighted by Gasteiger charge is -2.31. The predicted octanol–water partition coefficient (Wildman–Crippen LogP) is 2.51. The van der Waals surface area contributed by atoms with E-state index in [4.69, 9.17) is 0 Å². The molecule has 0 aliphatic carbocycles. The summed E-state index contributed by atoms with van der Waals surface area (Å²) in [5.74, 6) is 0. The zero-order valence-corrected chi connectivity index (χ0v) is 10.4. The molecule has 1 aliphatic rings. The van der Waals surface area contributed by atoms with Crippen LogP contribution in [0.3, 0.4) is 0 Å². The first-order valence-electron chi connectivity index (χ1n) is 6.01. The van der Waals surface area contributed by atoms with Gasteiger partial charge in [0, 0.05) is 5.54 Å². The molecule has 1 aromatic carbocycles. The number of nitrogens with one attached hydrogen (secondary N) is 1. The van der Waals surface area contributed by atoms with Crippen LogP contribution in [0, 0.1) is 0 Å². The minimum absolute atomic E-state index is 0.0244. The van der Waals surface area contributed by atoms with Gasteiger partial charge in [-0.25, -0.2) is 0 Å². The average Bonchev–Trinajstić information content (AvgIpc) is 2.65. The molecule has 0 amide bonds. The Morgan fingerprint density at radius 3 is 2.56 bits per heavy atom. The van der Waals surface area contributed by atoms with E-state index >= 15 is 0 Å². The van der Waals surface area contributed by atoms with Crippen LogP contribution in [0.15, 0.2) is 24.3 Å². The molecule has 1 atom stereocenters. The van der Waals surface area contributed by atoms with E-state index in [1.54, 1.807) is 0 Å².